The molecular weight excluding hydrogens is 264 g/mol. The van der Waals surface area contributed by atoms with Crippen LogP contribution in [0.2, 0.25) is 0 Å². The molecule has 5 heteroatoms. The first-order chi connectivity index (χ1) is 10.0. The van der Waals surface area contributed by atoms with Crippen molar-refractivity contribution < 1.29 is 4.74 Å². The molecule has 0 bridgehead atoms. The van der Waals surface area contributed by atoms with Crippen molar-refractivity contribution in [2.45, 2.75) is 47.2 Å². The molecule has 2 heterocycles. The molecule has 0 radical (unpaired) electrons. The first-order valence-corrected chi connectivity index (χ1v) is 7.41. The fraction of sp³-hybridized carbons (Fsp3) is 0.500. The highest BCUT2D eigenvalue weighted by molar-refractivity contribution is 5.38. The summed E-state index contributed by atoms with van der Waals surface area (Å²) in [5, 5.41) is 7.63. The lowest BCUT2D eigenvalue weighted by Crippen LogP contribution is -2.14. The maximum absolute atomic E-state index is 5.96. The zero-order valence-corrected chi connectivity index (χ0v) is 13.5. The van der Waals surface area contributed by atoms with Crippen LogP contribution in [0, 0.1) is 13.8 Å². The van der Waals surface area contributed by atoms with Crippen molar-refractivity contribution in [3.05, 3.63) is 35.3 Å². The number of rotatable bonds is 6. The zero-order valence-electron chi connectivity index (χ0n) is 13.5. The third-order valence-corrected chi connectivity index (χ3v) is 3.31. The Morgan fingerprint density at radius 2 is 2.10 bits per heavy atom. The SMILES string of the molecule is CCNCc1c(C)cc(C)nc1Oc1cnn(C(C)C)c1. The number of nitrogens with zero attached hydrogens (tertiary/aromatic N) is 3. The summed E-state index contributed by atoms with van der Waals surface area (Å²) in [5.41, 5.74) is 3.24. The van der Waals surface area contributed by atoms with Crippen LogP contribution in [0.3, 0.4) is 0 Å². The molecule has 0 aliphatic carbocycles. The second-order valence-electron chi connectivity index (χ2n) is 5.50. The van der Waals surface area contributed by atoms with Crippen molar-refractivity contribution in [1.82, 2.24) is 20.1 Å². The molecule has 0 atom stereocenters. The standard InChI is InChI=1S/C16H24N4O/c1-6-17-9-15-12(4)7-13(5)19-16(15)21-14-8-18-20(10-14)11(2)3/h7-8,10-11,17H,6,9H2,1-5H3. The van der Waals surface area contributed by atoms with Crippen LogP contribution in [0.1, 0.15) is 43.6 Å². The van der Waals surface area contributed by atoms with Crippen LogP contribution in [0.25, 0.3) is 0 Å². The molecule has 114 valence electrons. The molecular formula is C16H24N4O. The van der Waals surface area contributed by atoms with E-state index in [2.05, 4.69) is 49.2 Å². The van der Waals surface area contributed by atoms with Gasteiger partial charge in [0.15, 0.2) is 5.75 Å². The Morgan fingerprint density at radius 3 is 2.71 bits per heavy atom. The maximum atomic E-state index is 5.96. The van der Waals surface area contributed by atoms with Gasteiger partial charge in [-0.15, -0.1) is 0 Å². The topological polar surface area (TPSA) is 52.0 Å². The van der Waals surface area contributed by atoms with Crippen LogP contribution in [0.15, 0.2) is 18.5 Å². The Hall–Kier alpha value is -1.88. The normalized spacial score (nSPS) is 11.1. The molecule has 0 saturated heterocycles. The van der Waals surface area contributed by atoms with Gasteiger partial charge in [0.1, 0.15) is 0 Å². The van der Waals surface area contributed by atoms with E-state index < -0.39 is 0 Å². The van der Waals surface area contributed by atoms with E-state index in [0.717, 1.165) is 30.1 Å². The minimum Gasteiger partial charge on any atom is -0.435 e. The van der Waals surface area contributed by atoms with Crippen molar-refractivity contribution in [3.8, 4) is 11.6 Å². The highest BCUT2D eigenvalue weighted by atomic mass is 16.5. The average molecular weight is 288 g/mol. The summed E-state index contributed by atoms with van der Waals surface area (Å²) < 4.78 is 7.84. The summed E-state index contributed by atoms with van der Waals surface area (Å²) in [5.74, 6) is 1.38. The van der Waals surface area contributed by atoms with Crippen LogP contribution < -0.4 is 10.1 Å². The van der Waals surface area contributed by atoms with Gasteiger partial charge in [0.25, 0.3) is 0 Å². The lowest BCUT2D eigenvalue weighted by atomic mass is 10.1. The Kier molecular flexibility index (Phi) is 4.96. The molecule has 0 aromatic carbocycles. The van der Waals surface area contributed by atoms with Crippen LogP contribution >= 0.6 is 0 Å². The second kappa shape index (κ2) is 6.72. The van der Waals surface area contributed by atoms with Crippen molar-refractivity contribution in [2.24, 2.45) is 0 Å². The summed E-state index contributed by atoms with van der Waals surface area (Å²) in [4.78, 5) is 4.54. The summed E-state index contributed by atoms with van der Waals surface area (Å²) in [6.07, 6.45) is 3.64. The Morgan fingerprint density at radius 1 is 1.33 bits per heavy atom. The van der Waals surface area contributed by atoms with Crippen molar-refractivity contribution in [2.75, 3.05) is 6.54 Å². The van der Waals surface area contributed by atoms with Crippen LogP contribution in [0.4, 0.5) is 0 Å². The summed E-state index contributed by atoms with van der Waals surface area (Å²) in [7, 11) is 0. The van der Waals surface area contributed by atoms with Crippen molar-refractivity contribution in [1.29, 1.82) is 0 Å². The van der Waals surface area contributed by atoms with E-state index in [0.29, 0.717) is 11.9 Å². The minimum atomic E-state index is 0.316. The van der Waals surface area contributed by atoms with Gasteiger partial charge < -0.3 is 10.1 Å². The van der Waals surface area contributed by atoms with Gasteiger partial charge in [-0.25, -0.2) is 4.98 Å². The summed E-state index contributed by atoms with van der Waals surface area (Å²) >= 11 is 0. The Bertz CT molecular complexity index is 604. The van der Waals surface area contributed by atoms with Gasteiger partial charge in [-0.05, 0) is 45.9 Å². The molecule has 2 aromatic rings. The number of nitrogens with one attached hydrogen (secondary N) is 1. The van der Waals surface area contributed by atoms with Gasteiger partial charge in [-0.2, -0.15) is 5.10 Å². The van der Waals surface area contributed by atoms with Crippen molar-refractivity contribution in [3.63, 3.8) is 0 Å². The lowest BCUT2D eigenvalue weighted by molar-refractivity contribution is 0.448. The predicted molar refractivity (Wildman–Crippen MR) is 83.8 cm³/mol. The van der Waals surface area contributed by atoms with E-state index in [1.54, 1.807) is 6.20 Å². The number of hydrogen-bond acceptors (Lipinski definition) is 4. The van der Waals surface area contributed by atoms with Gasteiger partial charge in [-0.1, -0.05) is 6.92 Å². The smallest absolute Gasteiger partial charge is 0.224 e. The molecule has 2 rings (SSSR count). The van der Waals surface area contributed by atoms with Crippen molar-refractivity contribution >= 4 is 0 Å². The largest absolute Gasteiger partial charge is 0.435 e. The fourth-order valence-electron chi connectivity index (χ4n) is 2.15. The maximum Gasteiger partial charge on any atom is 0.224 e. The van der Waals surface area contributed by atoms with Crippen LogP contribution in [-0.4, -0.2) is 21.3 Å². The number of aryl methyl sites for hydroxylation is 2. The summed E-state index contributed by atoms with van der Waals surface area (Å²) in [6.45, 7) is 12.0. The van der Waals surface area contributed by atoms with Gasteiger partial charge in [0, 0.05) is 23.8 Å². The van der Waals surface area contributed by atoms with Gasteiger partial charge >= 0.3 is 0 Å². The lowest BCUT2D eigenvalue weighted by Gasteiger charge is -2.13. The Labute approximate surface area is 126 Å². The third kappa shape index (κ3) is 3.82. The van der Waals surface area contributed by atoms with Gasteiger partial charge in [0.05, 0.1) is 12.4 Å². The van der Waals surface area contributed by atoms with E-state index in [4.69, 9.17) is 4.74 Å². The molecule has 0 aliphatic heterocycles. The quantitative estimate of drug-likeness (QED) is 0.885. The highest BCUT2D eigenvalue weighted by Gasteiger charge is 2.12. The van der Waals surface area contributed by atoms with Crippen LogP contribution in [0.5, 0.6) is 11.6 Å². The molecule has 0 aliphatic rings. The van der Waals surface area contributed by atoms with Crippen LogP contribution in [-0.2, 0) is 6.54 Å². The molecule has 0 unspecified atom stereocenters. The Balaban J connectivity index is 2.28. The second-order valence-corrected chi connectivity index (χ2v) is 5.50. The van der Waals surface area contributed by atoms with E-state index in [1.807, 2.05) is 17.8 Å². The molecule has 1 N–H and O–H groups in total. The molecule has 0 spiro atoms. The monoisotopic (exact) mass is 288 g/mol. The number of ether oxygens (including phenoxy) is 1. The van der Waals surface area contributed by atoms with E-state index in [1.165, 1.54) is 5.56 Å². The first kappa shape index (κ1) is 15.5. The molecule has 0 saturated carbocycles. The predicted octanol–water partition coefficient (Wildman–Crippen LogP) is 3.38. The van der Waals surface area contributed by atoms with Gasteiger partial charge in [-0.3, -0.25) is 4.68 Å². The fourth-order valence-corrected chi connectivity index (χ4v) is 2.15. The number of pyridine rings is 1. The number of hydrogen-bond donors (Lipinski definition) is 1. The first-order valence-electron chi connectivity index (χ1n) is 7.41. The van der Waals surface area contributed by atoms with E-state index in [-0.39, 0.29) is 0 Å². The molecule has 0 amide bonds. The minimum absolute atomic E-state index is 0.316. The number of aromatic nitrogens is 3. The van der Waals surface area contributed by atoms with Gasteiger partial charge in [0.2, 0.25) is 5.88 Å². The molecule has 5 nitrogen and oxygen atoms in total. The molecule has 21 heavy (non-hydrogen) atoms. The highest BCUT2D eigenvalue weighted by Crippen LogP contribution is 2.26. The molecule has 0 fully saturated rings. The summed E-state index contributed by atoms with van der Waals surface area (Å²) in [6, 6.07) is 2.40. The zero-order chi connectivity index (χ0) is 15.4. The third-order valence-electron chi connectivity index (χ3n) is 3.31. The average Bonchev–Trinajstić information content (AvgIpc) is 2.86. The molecule has 2 aromatic heterocycles. The van der Waals surface area contributed by atoms with E-state index in [9.17, 15) is 0 Å². The van der Waals surface area contributed by atoms with E-state index >= 15 is 0 Å².